The molecule has 0 saturated heterocycles. The number of rotatable bonds is 9. The Balaban J connectivity index is 1.61. The number of hydrogen-bond acceptors (Lipinski definition) is 4. The summed E-state index contributed by atoms with van der Waals surface area (Å²) in [5.74, 6) is 1.64. The van der Waals surface area contributed by atoms with E-state index in [9.17, 15) is 4.79 Å². The van der Waals surface area contributed by atoms with Crippen LogP contribution in [0.15, 0.2) is 54.7 Å². The summed E-state index contributed by atoms with van der Waals surface area (Å²) in [4.78, 5) is 21.3. The minimum absolute atomic E-state index is 0.0864. The molecule has 30 heavy (non-hydrogen) atoms. The predicted octanol–water partition coefficient (Wildman–Crippen LogP) is 4.39. The first-order valence-electron chi connectivity index (χ1n) is 10.0. The lowest BCUT2D eigenvalue weighted by atomic mass is 10.1. The van der Waals surface area contributed by atoms with Gasteiger partial charge in [0.15, 0.2) is 0 Å². The molecule has 7 heteroatoms. The molecule has 0 bridgehead atoms. The third-order valence-electron chi connectivity index (χ3n) is 5.25. The van der Waals surface area contributed by atoms with Crippen LogP contribution in [-0.2, 0) is 11.3 Å². The van der Waals surface area contributed by atoms with Gasteiger partial charge in [0.2, 0.25) is 0 Å². The number of carbonyl (C=O) groups excluding carboxylic acids is 1. The molecular weight excluding hydrogens is 396 g/mol. The number of nitrogens with one attached hydrogen (secondary N) is 2. The van der Waals surface area contributed by atoms with Crippen LogP contribution in [0, 0.1) is 0 Å². The van der Waals surface area contributed by atoms with Crippen LogP contribution in [0.3, 0.4) is 0 Å². The highest BCUT2D eigenvalue weighted by atomic mass is 32.2. The molecule has 1 unspecified atom stereocenters. The second kappa shape index (κ2) is 9.36. The number of para-hydroxylation sites is 2. The highest BCUT2D eigenvalue weighted by Crippen LogP contribution is 2.24. The molecular formula is C23H26N4O2S. The number of ether oxygens (including phenoxy) is 1. The van der Waals surface area contributed by atoms with E-state index in [1.54, 1.807) is 18.9 Å². The highest BCUT2D eigenvalue weighted by Gasteiger charge is 2.20. The van der Waals surface area contributed by atoms with E-state index >= 15 is 0 Å². The van der Waals surface area contributed by atoms with Gasteiger partial charge in [-0.2, -0.15) is 11.8 Å². The highest BCUT2D eigenvalue weighted by molar-refractivity contribution is 7.98. The Labute approximate surface area is 180 Å². The van der Waals surface area contributed by atoms with Crippen molar-refractivity contribution < 1.29 is 9.53 Å². The van der Waals surface area contributed by atoms with Crippen LogP contribution in [0.1, 0.15) is 28.6 Å². The fourth-order valence-corrected chi connectivity index (χ4v) is 4.16. The van der Waals surface area contributed by atoms with E-state index < -0.39 is 0 Å². The quantitative estimate of drug-likeness (QED) is 0.420. The molecule has 4 aromatic rings. The average molecular weight is 423 g/mol. The Morgan fingerprint density at radius 3 is 2.90 bits per heavy atom. The summed E-state index contributed by atoms with van der Waals surface area (Å²) in [6, 6.07) is 15.6. The lowest BCUT2D eigenvalue weighted by molar-refractivity contribution is 0.0936. The van der Waals surface area contributed by atoms with Crippen molar-refractivity contribution >= 4 is 39.6 Å². The molecule has 2 N–H and O–H groups in total. The summed E-state index contributed by atoms with van der Waals surface area (Å²) >= 11 is 1.76. The Kier molecular flexibility index (Phi) is 6.40. The summed E-state index contributed by atoms with van der Waals surface area (Å²) in [6.07, 6.45) is 4.88. The van der Waals surface area contributed by atoms with E-state index in [4.69, 9.17) is 9.72 Å². The van der Waals surface area contributed by atoms with Crippen molar-refractivity contribution in [2.24, 2.45) is 0 Å². The van der Waals surface area contributed by atoms with Gasteiger partial charge in [0, 0.05) is 36.3 Å². The number of fused-ring (bicyclic) bond motifs is 2. The number of imidazole rings is 1. The monoisotopic (exact) mass is 422 g/mol. The number of benzene rings is 2. The summed E-state index contributed by atoms with van der Waals surface area (Å²) in [5.41, 5.74) is 3.60. The van der Waals surface area contributed by atoms with Gasteiger partial charge in [-0.3, -0.25) is 4.79 Å². The summed E-state index contributed by atoms with van der Waals surface area (Å²) < 4.78 is 7.30. The van der Waals surface area contributed by atoms with Gasteiger partial charge in [-0.1, -0.05) is 18.2 Å². The van der Waals surface area contributed by atoms with E-state index in [1.807, 2.05) is 54.7 Å². The average Bonchev–Trinajstić information content (AvgIpc) is 3.38. The third-order valence-corrected chi connectivity index (χ3v) is 5.89. The molecule has 0 aliphatic rings. The van der Waals surface area contributed by atoms with Crippen molar-refractivity contribution in [2.75, 3.05) is 25.7 Å². The maximum Gasteiger partial charge on any atom is 0.252 e. The van der Waals surface area contributed by atoms with Gasteiger partial charge in [0.05, 0.1) is 23.7 Å². The molecule has 2 aromatic carbocycles. The van der Waals surface area contributed by atoms with Crippen LogP contribution in [0.5, 0.6) is 0 Å². The van der Waals surface area contributed by atoms with Crippen LogP contribution in [0.25, 0.3) is 21.9 Å². The first-order chi connectivity index (χ1) is 14.7. The molecule has 6 nitrogen and oxygen atoms in total. The first-order valence-corrected chi connectivity index (χ1v) is 11.4. The maximum atomic E-state index is 13.3. The molecule has 0 radical (unpaired) electrons. The summed E-state index contributed by atoms with van der Waals surface area (Å²) in [7, 11) is 1.69. The number of thioether (sulfide) groups is 1. The Morgan fingerprint density at radius 2 is 2.10 bits per heavy atom. The molecule has 2 aromatic heterocycles. The van der Waals surface area contributed by atoms with Gasteiger partial charge in [-0.25, -0.2) is 4.98 Å². The van der Waals surface area contributed by atoms with Crippen LogP contribution < -0.4 is 5.32 Å². The van der Waals surface area contributed by atoms with Gasteiger partial charge < -0.3 is 19.6 Å². The van der Waals surface area contributed by atoms with Crippen molar-refractivity contribution in [1.82, 2.24) is 19.9 Å². The lowest BCUT2D eigenvalue weighted by Gasteiger charge is -2.17. The standard InChI is InChI=1S/C23H26N4O2S/c1-29-14-13-27-12-10-16-17(6-5-9-21(16)27)23(28)26-20(11-15-30-2)22-24-18-7-3-4-8-19(18)25-22/h3-10,12,20H,11,13-15H2,1-2H3,(H,24,25)(H,26,28). The van der Waals surface area contributed by atoms with Crippen LogP contribution in [0.2, 0.25) is 0 Å². The fraction of sp³-hybridized carbons (Fsp3) is 0.304. The van der Waals surface area contributed by atoms with Crippen molar-refractivity contribution in [2.45, 2.75) is 19.0 Å². The number of H-pyrrole nitrogens is 1. The van der Waals surface area contributed by atoms with Crippen LogP contribution in [0.4, 0.5) is 0 Å². The molecule has 0 saturated carbocycles. The van der Waals surface area contributed by atoms with Crippen molar-refractivity contribution in [1.29, 1.82) is 0 Å². The fourth-order valence-electron chi connectivity index (χ4n) is 3.69. The number of carbonyl (C=O) groups is 1. The minimum atomic E-state index is -0.178. The SMILES string of the molecule is COCCn1ccc2c(C(=O)NC(CCSC)c3nc4ccccc4[nH]3)cccc21. The van der Waals surface area contributed by atoms with Gasteiger partial charge in [-0.15, -0.1) is 0 Å². The van der Waals surface area contributed by atoms with Gasteiger partial charge in [-0.05, 0) is 48.8 Å². The van der Waals surface area contributed by atoms with E-state index in [-0.39, 0.29) is 11.9 Å². The van der Waals surface area contributed by atoms with Crippen LogP contribution in [-0.4, -0.2) is 46.2 Å². The maximum absolute atomic E-state index is 13.3. The molecule has 1 amide bonds. The number of methoxy groups -OCH3 is 1. The normalized spacial score (nSPS) is 12.5. The number of nitrogens with zero attached hydrogens (tertiary/aromatic N) is 2. The molecule has 156 valence electrons. The Bertz CT molecular complexity index is 1120. The zero-order valence-electron chi connectivity index (χ0n) is 17.2. The topological polar surface area (TPSA) is 71.9 Å². The van der Waals surface area contributed by atoms with E-state index in [0.29, 0.717) is 12.2 Å². The number of hydrogen-bond donors (Lipinski definition) is 2. The van der Waals surface area contributed by atoms with Crippen molar-refractivity contribution in [3.8, 4) is 0 Å². The number of aromatic amines is 1. The third kappa shape index (κ3) is 4.22. The molecule has 0 aliphatic heterocycles. The lowest BCUT2D eigenvalue weighted by Crippen LogP contribution is -2.30. The Morgan fingerprint density at radius 1 is 1.23 bits per heavy atom. The van der Waals surface area contributed by atoms with E-state index in [2.05, 4.69) is 21.1 Å². The second-order valence-electron chi connectivity index (χ2n) is 7.19. The minimum Gasteiger partial charge on any atom is -0.383 e. The molecule has 2 heterocycles. The smallest absolute Gasteiger partial charge is 0.252 e. The number of aromatic nitrogens is 3. The molecule has 0 aliphatic carbocycles. The van der Waals surface area contributed by atoms with Gasteiger partial charge in [0.25, 0.3) is 5.91 Å². The summed E-state index contributed by atoms with van der Waals surface area (Å²) in [6.45, 7) is 1.38. The van der Waals surface area contributed by atoms with Gasteiger partial charge in [0.1, 0.15) is 5.82 Å². The predicted molar refractivity (Wildman–Crippen MR) is 123 cm³/mol. The Hall–Kier alpha value is -2.77. The first kappa shape index (κ1) is 20.5. The second-order valence-corrected chi connectivity index (χ2v) is 8.17. The van der Waals surface area contributed by atoms with E-state index in [1.165, 1.54) is 0 Å². The largest absolute Gasteiger partial charge is 0.383 e. The number of amides is 1. The van der Waals surface area contributed by atoms with Crippen molar-refractivity contribution in [3.05, 3.63) is 66.1 Å². The van der Waals surface area contributed by atoms with Gasteiger partial charge >= 0.3 is 0 Å². The molecule has 1 atom stereocenters. The zero-order chi connectivity index (χ0) is 20.9. The van der Waals surface area contributed by atoms with E-state index in [0.717, 1.165) is 46.5 Å². The zero-order valence-corrected chi connectivity index (χ0v) is 18.0. The molecule has 0 spiro atoms. The molecule has 0 fully saturated rings. The van der Waals surface area contributed by atoms with Crippen LogP contribution >= 0.6 is 11.8 Å². The van der Waals surface area contributed by atoms with Crippen molar-refractivity contribution in [3.63, 3.8) is 0 Å². The summed E-state index contributed by atoms with van der Waals surface area (Å²) in [5, 5.41) is 4.15. The molecule has 4 rings (SSSR count).